The Balaban J connectivity index is 2.62. The SMILES string of the molecule is CCCC(O)CNc1cc(N)cc(OC(C)C)c1. The smallest absolute Gasteiger partial charge is 0.123 e. The number of benzene rings is 1. The van der Waals surface area contributed by atoms with Gasteiger partial charge >= 0.3 is 0 Å². The summed E-state index contributed by atoms with van der Waals surface area (Å²) in [4.78, 5) is 0. The van der Waals surface area contributed by atoms with E-state index in [1.54, 1.807) is 6.07 Å². The molecule has 1 atom stereocenters. The molecule has 0 aromatic heterocycles. The average molecular weight is 252 g/mol. The van der Waals surface area contributed by atoms with Gasteiger partial charge in [-0.15, -0.1) is 0 Å². The first-order valence-corrected chi connectivity index (χ1v) is 6.50. The summed E-state index contributed by atoms with van der Waals surface area (Å²) >= 11 is 0. The summed E-state index contributed by atoms with van der Waals surface area (Å²) in [5.41, 5.74) is 7.35. The summed E-state index contributed by atoms with van der Waals surface area (Å²) in [6.07, 6.45) is 1.56. The van der Waals surface area contributed by atoms with Gasteiger partial charge in [0, 0.05) is 30.1 Å². The Hall–Kier alpha value is -1.42. The van der Waals surface area contributed by atoms with E-state index in [1.165, 1.54) is 0 Å². The molecule has 4 nitrogen and oxygen atoms in total. The number of anilines is 2. The lowest BCUT2D eigenvalue weighted by Gasteiger charge is -2.15. The molecule has 102 valence electrons. The number of hydrogen-bond acceptors (Lipinski definition) is 4. The number of nitrogens with two attached hydrogens (primary N) is 1. The first kappa shape index (κ1) is 14.6. The maximum atomic E-state index is 9.67. The van der Waals surface area contributed by atoms with Crippen LogP contribution in [0.2, 0.25) is 0 Å². The summed E-state index contributed by atoms with van der Waals surface area (Å²) in [6.45, 7) is 6.53. The molecule has 1 unspecified atom stereocenters. The Morgan fingerprint density at radius 1 is 1.33 bits per heavy atom. The molecule has 4 N–H and O–H groups in total. The molecule has 0 aliphatic rings. The molecule has 0 aliphatic carbocycles. The molecule has 0 saturated carbocycles. The molecule has 18 heavy (non-hydrogen) atoms. The summed E-state index contributed by atoms with van der Waals surface area (Å²) in [5, 5.41) is 12.8. The lowest BCUT2D eigenvalue weighted by atomic mass is 10.2. The van der Waals surface area contributed by atoms with Gasteiger partial charge in [0.1, 0.15) is 5.75 Å². The molecule has 1 rings (SSSR count). The van der Waals surface area contributed by atoms with Crippen LogP contribution in [-0.2, 0) is 0 Å². The van der Waals surface area contributed by atoms with Crippen molar-refractivity contribution in [2.45, 2.75) is 45.8 Å². The van der Waals surface area contributed by atoms with E-state index in [-0.39, 0.29) is 12.2 Å². The lowest BCUT2D eigenvalue weighted by Crippen LogP contribution is -2.19. The quantitative estimate of drug-likeness (QED) is 0.653. The first-order chi connectivity index (χ1) is 8.51. The summed E-state index contributed by atoms with van der Waals surface area (Å²) in [7, 11) is 0. The van der Waals surface area contributed by atoms with Crippen molar-refractivity contribution in [1.29, 1.82) is 0 Å². The van der Waals surface area contributed by atoms with E-state index in [0.717, 1.165) is 24.3 Å². The highest BCUT2D eigenvalue weighted by Gasteiger charge is 2.05. The van der Waals surface area contributed by atoms with Gasteiger partial charge in [0.25, 0.3) is 0 Å². The van der Waals surface area contributed by atoms with Crippen LogP contribution in [0.5, 0.6) is 5.75 Å². The minimum Gasteiger partial charge on any atom is -0.491 e. The Morgan fingerprint density at radius 2 is 2.06 bits per heavy atom. The van der Waals surface area contributed by atoms with Crippen molar-refractivity contribution in [3.05, 3.63) is 18.2 Å². The normalized spacial score (nSPS) is 12.5. The Kier molecular flexibility index (Phi) is 5.78. The summed E-state index contributed by atoms with van der Waals surface area (Å²) in [6, 6.07) is 5.54. The Bertz CT molecular complexity index is 367. The van der Waals surface area contributed by atoms with E-state index in [1.807, 2.05) is 26.0 Å². The van der Waals surface area contributed by atoms with Crippen LogP contribution in [-0.4, -0.2) is 23.9 Å². The number of ether oxygens (including phenoxy) is 1. The molecule has 0 fully saturated rings. The van der Waals surface area contributed by atoms with Crippen LogP contribution in [0.15, 0.2) is 18.2 Å². The predicted molar refractivity (Wildman–Crippen MR) is 76.0 cm³/mol. The van der Waals surface area contributed by atoms with E-state index in [4.69, 9.17) is 10.5 Å². The molecule has 0 heterocycles. The van der Waals surface area contributed by atoms with E-state index >= 15 is 0 Å². The average Bonchev–Trinajstić information content (AvgIpc) is 2.25. The third-order valence-electron chi connectivity index (χ3n) is 2.46. The molecule has 0 aliphatic heterocycles. The zero-order valence-electron chi connectivity index (χ0n) is 11.4. The molecule has 0 bridgehead atoms. The van der Waals surface area contributed by atoms with Gasteiger partial charge in [0.05, 0.1) is 12.2 Å². The molecule has 0 amide bonds. The van der Waals surface area contributed by atoms with Crippen molar-refractivity contribution in [3.8, 4) is 5.75 Å². The number of nitrogen functional groups attached to an aromatic ring is 1. The van der Waals surface area contributed by atoms with Crippen molar-refractivity contribution in [2.75, 3.05) is 17.6 Å². The number of aliphatic hydroxyl groups excluding tert-OH is 1. The molecule has 0 radical (unpaired) electrons. The molecule has 0 spiro atoms. The second-order valence-electron chi connectivity index (χ2n) is 4.78. The van der Waals surface area contributed by atoms with Crippen molar-refractivity contribution < 1.29 is 9.84 Å². The van der Waals surface area contributed by atoms with Crippen LogP contribution >= 0.6 is 0 Å². The monoisotopic (exact) mass is 252 g/mol. The van der Waals surface area contributed by atoms with Gasteiger partial charge in [-0.05, 0) is 26.3 Å². The van der Waals surface area contributed by atoms with Gasteiger partial charge in [0.15, 0.2) is 0 Å². The lowest BCUT2D eigenvalue weighted by molar-refractivity contribution is 0.176. The van der Waals surface area contributed by atoms with Gasteiger partial charge in [-0.3, -0.25) is 0 Å². The fourth-order valence-electron chi connectivity index (χ4n) is 1.74. The number of hydrogen-bond donors (Lipinski definition) is 3. The standard InChI is InChI=1S/C14H24N2O2/c1-4-5-13(17)9-16-12-6-11(15)7-14(8-12)18-10(2)3/h6-8,10,13,16-17H,4-5,9,15H2,1-3H3. The van der Waals surface area contributed by atoms with Crippen LogP contribution in [0.25, 0.3) is 0 Å². The van der Waals surface area contributed by atoms with E-state index in [2.05, 4.69) is 12.2 Å². The van der Waals surface area contributed by atoms with Crippen LogP contribution in [0.3, 0.4) is 0 Å². The van der Waals surface area contributed by atoms with E-state index < -0.39 is 0 Å². The van der Waals surface area contributed by atoms with Gasteiger partial charge < -0.3 is 20.9 Å². The van der Waals surface area contributed by atoms with Crippen LogP contribution in [0, 0.1) is 0 Å². The number of aliphatic hydroxyl groups is 1. The molecule has 1 aromatic carbocycles. The number of nitrogens with one attached hydrogen (secondary N) is 1. The fourth-order valence-corrected chi connectivity index (χ4v) is 1.74. The third-order valence-corrected chi connectivity index (χ3v) is 2.46. The minimum absolute atomic E-state index is 0.116. The second kappa shape index (κ2) is 7.11. The molecular formula is C14H24N2O2. The van der Waals surface area contributed by atoms with Crippen LogP contribution in [0.1, 0.15) is 33.6 Å². The van der Waals surface area contributed by atoms with Gasteiger partial charge in [-0.25, -0.2) is 0 Å². The fraction of sp³-hybridized carbons (Fsp3) is 0.571. The zero-order chi connectivity index (χ0) is 13.5. The topological polar surface area (TPSA) is 67.5 Å². The van der Waals surface area contributed by atoms with Crippen molar-refractivity contribution in [3.63, 3.8) is 0 Å². The van der Waals surface area contributed by atoms with E-state index in [0.29, 0.717) is 12.2 Å². The predicted octanol–water partition coefficient (Wildman–Crippen LogP) is 2.63. The number of rotatable bonds is 7. The van der Waals surface area contributed by atoms with Crippen LogP contribution in [0.4, 0.5) is 11.4 Å². The second-order valence-corrected chi connectivity index (χ2v) is 4.78. The zero-order valence-corrected chi connectivity index (χ0v) is 11.4. The van der Waals surface area contributed by atoms with Gasteiger partial charge in [-0.2, -0.15) is 0 Å². The van der Waals surface area contributed by atoms with Crippen molar-refractivity contribution in [2.24, 2.45) is 0 Å². The van der Waals surface area contributed by atoms with Crippen molar-refractivity contribution >= 4 is 11.4 Å². The van der Waals surface area contributed by atoms with Gasteiger partial charge in [0.2, 0.25) is 0 Å². The molecule has 0 saturated heterocycles. The first-order valence-electron chi connectivity index (χ1n) is 6.50. The largest absolute Gasteiger partial charge is 0.491 e. The third kappa shape index (κ3) is 5.27. The summed E-state index contributed by atoms with van der Waals surface area (Å²) in [5.74, 6) is 0.748. The highest BCUT2D eigenvalue weighted by molar-refractivity contribution is 5.59. The maximum Gasteiger partial charge on any atom is 0.123 e. The van der Waals surface area contributed by atoms with E-state index in [9.17, 15) is 5.11 Å². The summed E-state index contributed by atoms with van der Waals surface area (Å²) < 4.78 is 5.61. The Morgan fingerprint density at radius 3 is 2.67 bits per heavy atom. The van der Waals surface area contributed by atoms with Crippen LogP contribution < -0.4 is 15.8 Å². The van der Waals surface area contributed by atoms with Gasteiger partial charge in [-0.1, -0.05) is 13.3 Å². The maximum absolute atomic E-state index is 9.67. The minimum atomic E-state index is -0.328. The Labute approximate surface area is 109 Å². The molecule has 4 heteroatoms. The highest BCUT2D eigenvalue weighted by atomic mass is 16.5. The molecule has 1 aromatic rings. The molecular weight excluding hydrogens is 228 g/mol. The highest BCUT2D eigenvalue weighted by Crippen LogP contribution is 2.23. The van der Waals surface area contributed by atoms with Crippen molar-refractivity contribution in [1.82, 2.24) is 0 Å².